The highest BCUT2D eigenvalue weighted by molar-refractivity contribution is 9.10. The number of amides is 2. The predicted octanol–water partition coefficient (Wildman–Crippen LogP) is 2.87. The van der Waals surface area contributed by atoms with E-state index in [2.05, 4.69) is 15.9 Å². The van der Waals surface area contributed by atoms with E-state index in [0.717, 1.165) is 11.0 Å². The molecule has 2 amide bonds. The lowest BCUT2D eigenvalue weighted by Gasteiger charge is -2.21. The number of benzene rings is 1. The molecule has 1 heterocycles. The van der Waals surface area contributed by atoms with E-state index in [-0.39, 0.29) is 45.6 Å². The van der Waals surface area contributed by atoms with Crippen LogP contribution < -0.4 is 0 Å². The van der Waals surface area contributed by atoms with E-state index in [4.69, 9.17) is 0 Å². The average Bonchev–Trinajstić information content (AvgIpc) is 2.84. The van der Waals surface area contributed by atoms with Gasteiger partial charge in [-0.2, -0.15) is 0 Å². The van der Waals surface area contributed by atoms with Gasteiger partial charge in [0.05, 0.1) is 22.9 Å². The van der Waals surface area contributed by atoms with Gasteiger partial charge in [-0.3, -0.25) is 14.5 Å². The van der Waals surface area contributed by atoms with Gasteiger partial charge in [0.25, 0.3) is 0 Å². The number of nitrogens with zero attached hydrogens (tertiary/aromatic N) is 1. The molecule has 106 valence electrons. The molecule has 6 heteroatoms. The van der Waals surface area contributed by atoms with Crippen LogP contribution in [0, 0.1) is 28.9 Å². The van der Waals surface area contributed by atoms with Crippen LogP contribution in [0.4, 0.5) is 8.78 Å². The number of carbonyl (C=O) groups excluding carboxylic acids is 2. The minimum atomic E-state index is -0.773. The molecule has 20 heavy (non-hydrogen) atoms. The van der Waals surface area contributed by atoms with E-state index < -0.39 is 11.6 Å². The lowest BCUT2D eigenvalue weighted by atomic mass is 10.0. The maximum Gasteiger partial charge on any atom is 0.233 e. The minimum absolute atomic E-state index is 0.110. The Labute approximate surface area is 123 Å². The monoisotopic (exact) mass is 343 g/mol. The van der Waals surface area contributed by atoms with Crippen LogP contribution >= 0.6 is 15.9 Å². The van der Waals surface area contributed by atoms with Crippen molar-refractivity contribution < 1.29 is 18.4 Å². The van der Waals surface area contributed by atoms with Crippen molar-refractivity contribution in [1.82, 2.24) is 4.90 Å². The fourth-order valence-electron chi connectivity index (χ4n) is 3.03. The zero-order valence-corrected chi connectivity index (χ0v) is 12.5. The third-order valence-electron chi connectivity index (χ3n) is 4.35. The second-order valence-corrected chi connectivity index (χ2v) is 6.72. The molecule has 1 saturated carbocycles. The molecule has 0 radical (unpaired) electrons. The molecule has 3 nitrogen and oxygen atoms in total. The second-order valence-electron chi connectivity index (χ2n) is 5.86. The molecule has 2 atom stereocenters. The molecule has 0 N–H and O–H groups in total. The van der Waals surface area contributed by atoms with Gasteiger partial charge in [-0.1, -0.05) is 13.8 Å². The Morgan fingerprint density at radius 3 is 2.30 bits per heavy atom. The summed E-state index contributed by atoms with van der Waals surface area (Å²) in [6, 6.07) is 2.36. The van der Waals surface area contributed by atoms with E-state index in [1.54, 1.807) is 0 Å². The average molecular weight is 344 g/mol. The van der Waals surface area contributed by atoms with Crippen molar-refractivity contribution in [2.45, 2.75) is 20.4 Å². The van der Waals surface area contributed by atoms with Crippen molar-refractivity contribution in [1.29, 1.82) is 0 Å². The number of hydrogen-bond donors (Lipinski definition) is 0. The maximum absolute atomic E-state index is 13.9. The summed E-state index contributed by atoms with van der Waals surface area (Å²) in [7, 11) is 0. The summed E-state index contributed by atoms with van der Waals surface area (Å²) < 4.78 is 27.7. The van der Waals surface area contributed by atoms with Gasteiger partial charge in [0.2, 0.25) is 11.8 Å². The smallest absolute Gasteiger partial charge is 0.233 e. The van der Waals surface area contributed by atoms with E-state index in [1.807, 2.05) is 13.8 Å². The molecular formula is C14H12BrF2NO2. The van der Waals surface area contributed by atoms with E-state index >= 15 is 0 Å². The van der Waals surface area contributed by atoms with Gasteiger partial charge in [-0.15, -0.1) is 0 Å². The Bertz CT molecular complexity index is 620. The normalized spacial score (nSPS) is 26.9. The molecule has 2 aliphatic rings. The lowest BCUT2D eigenvalue weighted by molar-refractivity contribution is -0.143. The van der Waals surface area contributed by atoms with E-state index in [9.17, 15) is 18.4 Å². The number of hydrogen-bond acceptors (Lipinski definition) is 2. The van der Waals surface area contributed by atoms with Crippen molar-refractivity contribution in [3.63, 3.8) is 0 Å². The van der Waals surface area contributed by atoms with E-state index in [1.165, 1.54) is 6.07 Å². The first-order valence-corrected chi connectivity index (χ1v) is 7.03. The van der Waals surface area contributed by atoms with Crippen LogP contribution in [-0.4, -0.2) is 16.7 Å². The molecular weight excluding hydrogens is 332 g/mol. The Kier molecular flexibility index (Phi) is 2.80. The molecule has 0 bridgehead atoms. The van der Waals surface area contributed by atoms with Crippen LogP contribution in [0.15, 0.2) is 16.6 Å². The third kappa shape index (κ3) is 1.67. The van der Waals surface area contributed by atoms with Crippen LogP contribution in [-0.2, 0) is 16.1 Å². The lowest BCUT2D eigenvalue weighted by Crippen LogP contribution is -2.36. The predicted molar refractivity (Wildman–Crippen MR) is 70.4 cm³/mol. The van der Waals surface area contributed by atoms with Crippen LogP contribution in [0.25, 0.3) is 0 Å². The van der Waals surface area contributed by atoms with Gasteiger partial charge in [-0.25, -0.2) is 8.78 Å². The van der Waals surface area contributed by atoms with Crippen molar-refractivity contribution in [3.8, 4) is 0 Å². The van der Waals surface area contributed by atoms with Gasteiger partial charge in [0.15, 0.2) is 0 Å². The summed E-state index contributed by atoms with van der Waals surface area (Å²) in [6.45, 7) is 3.36. The maximum atomic E-state index is 13.9. The fourth-order valence-corrected chi connectivity index (χ4v) is 3.40. The van der Waals surface area contributed by atoms with E-state index in [0.29, 0.717) is 0 Å². The zero-order valence-electron chi connectivity index (χ0n) is 10.9. The molecule has 1 aliphatic heterocycles. The number of likely N-dealkylation sites (tertiary alicyclic amines) is 1. The minimum Gasteiger partial charge on any atom is -0.277 e. The molecule has 0 spiro atoms. The highest BCUT2D eigenvalue weighted by Gasteiger charge is 2.72. The summed E-state index contributed by atoms with van der Waals surface area (Å²) >= 11 is 2.97. The summed E-state index contributed by atoms with van der Waals surface area (Å²) in [4.78, 5) is 25.2. The zero-order chi connectivity index (χ0) is 14.8. The number of piperidine rings is 1. The molecule has 1 aliphatic carbocycles. The van der Waals surface area contributed by atoms with Gasteiger partial charge >= 0.3 is 0 Å². The van der Waals surface area contributed by atoms with Gasteiger partial charge in [0, 0.05) is 5.56 Å². The quantitative estimate of drug-likeness (QED) is 0.611. The van der Waals surface area contributed by atoms with Crippen molar-refractivity contribution in [2.24, 2.45) is 17.3 Å². The molecule has 2 fully saturated rings. The highest BCUT2D eigenvalue weighted by Crippen LogP contribution is 2.63. The Morgan fingerprint density at radius 2 is 1.75 bits per heavy atom. The fraction of sp³-hybridized carbons (Fsp3) is 0.429. The van der Waals surface area contributed by atoms with Gasteiger partial charge < -0.3 is 0 Å². The Morgan fingerprint density at radius 1 is 1.20 bits per heavy atom. The SMILES string of the molecule is CC1(C)C2C(=O)N(Cc3c(F)ccc(Br)c3F)C(=O)C21. The van der Waals surface area contributed by atoms with Crippen LogP contribution in [0.5, 0.6) is 0 Å². The van der Waals surface area contributed by atoms with Crippen LogP contribution in [0.2, 0.25) is 0 Å². The molecule has 1 saturated heterocycles. The van der Waals surface area contributed by atoms with Gasteiger partial charge in [-0.05, 0) is 33.5 Å². The van der Waals surface area contributed by atoms with Crippen molar-refractivity contribution >= 4 is 27.7 Å². The van der Waals surface area contributed by atoms with Crippen molar-refractivity contribution in [2.75, 3.05) is 0 Å². The third-order valence-corrected chi connectivity index (χ3v) is 4.96. The number of halogens is 3. The molecule has 1 aromatic carbocycles. The molecule has 3 rings (SSSR count). The Balaban J connectivity index is 1.90. The molecule has 0 aromatic heterocycles. The van der Waals surface area contributed by atoms with Crippen molar-refractivity contribution in [3.05, 3.63) is 33.8 Å². The largest absolute Gasteiger partial charge is 0.277 e. The molecule has 1 aromatic rings. The highest BCUT2D eigenvalue weighted by atomic mass is 79.9. The topological polar surface area (TPSA) is 37.4 Å². The first-order chi connectivity index (χ1) is 9.26. The number of imide groups is 1. The summed E-state index contributed by atoms with van der Waals surface area (Å²) in [5.41, 5.74) is -0.584. The molecule has 2 unspecified atom stereocenters. The number of rotatable bonds is 2. The summed E-state index contributed by atoms with van der Waals surface area (Å²) in [6.07, 6.45) is 0. The van der Waals surface area contributed by atoms with Crippen LogP contribution in [0.3, 0.4) is 0 Å². The summed E-state index contributed by atoms with van der Waals surface area (Å²) in [5, 5.41) is 0. The first kappa shape index (κ1) is 13.7. The standard InChI is InChI=1S/C14H12BrF2NO2/c1-14(2)9-10(14)13(20)18(12(9)19)5-6-8(16)4-3-7(15)11(6)17/h3-4,9-10H,5H2,1-2H3. The van der Waals surface area contributed by atoms with Crippen LogP contribution in [0.1, 0.15) is 19.4 Å². The first-order valence-electron chi connectivity index (χ1n) is 6.24. The number of carbonyl (C=O) groups is 2. The second kappa shape index (κ2) is 4.10. The summed E-state index contributed by atoms with van der Waals surface area (Å²) in [5.74, 6) is -2.87. The van der Waals surface area contributed by atoms with Gasteiger partial charge in [0.1, 0.15) is 11.6 Å². The number of fused-ring (bicyclic) bond motifs is 1. The Hall–Kier alpha value is -1.30.